The average molecular weight is 388 g/mol. The highest BCUT2D eigenvalue weighted by atomic mass is 16.6. The molecule has 2 fully saturated rings. The summed E-state index contributed by atoms with van der Waals surface area (Å²) < 4.78 is 5.45. The molecule has 1 saturated heterocycles. The molecule has 5 nitrogen and oxygen atoms in total. The molecule has 1 N–H and O–H groups in total. The van der Waals surface area contributed by atoms with Crippen LogP contribution in [0.1, 0.15) is 31.5 Å². The largest absolute Gasteiger partial charge is 0.462 e. The molecule has 1 aliphatic heterocycles. The van der Waals surface area contributed by atoms with Gasteiger partial charge in [-0.1, -0.05) is 37.3 Å². The fourth-order valence-corrected chi connectivity index (χ4v) is 4.76. The van der Waals surface area contributed by atoms with Crippen LogP contribution < -0.4 is 0 Å². The fourth-order valence-electron chi connectivity index (χ4n) is 4.76. The van der Waals surface area contributed by atoms with Crippen LogP contribution >= 0.6 is 0 Å². The highest BCUT2D eigenvalue weighted by Gasteiger charge is 2.52. The summed E-state index contributed by atoms with van der Waals surface area (Å²) in [7, 11) is 0. The van der Waals surface area contributed by atoms with Crippen LogP contribution in [0.25, 0.3) is 17.2 Å². The van der Waals surface area contributed by atoms with Gasteiger partial charge in [-0.15, -0.1) is 0 Å². The number of nitriles is 1. The van der Waals surface area contributed by atoms with E-state index < -0.39 is 6.10 Å². The summed E-state index contributed by atoms with van der Waals surface area (Å²) in [5.74, 6) is -0.245. The Kier molecular flexibility index (Phi) is 5.21. The number of rotatable bonds is 3. The van der Waals surface area contributed by atoms with Crippen molar-refractivity contribution in [2.75, 3.05) is 0 Å². The van der Waals surface area contributed by atoms with E-state index in [1.54, 1.807) is 12.3 Å². The van der Waals surface area contributed by atoms with Crippen molar-refractivity contribution in [1.82, 2.24) is 4.98 Å². The van der Waals surface area contributed by atoms with Crippen molar-refractivity contribution < 1.29 is 14.6 Å². The second-order valence-corrected chi connectivity index (χ2v) is 8.05. The van der Waals surface area contributed by atoms with Crippen molar-refractivity contribution >= 4 is 12.0 Å². The number of aromatic nitrogens is 1. The van der Waals surface area contributed by atoms with Crippen LogP contribution in [-0.2, 0) is 9.53 Å². The van der Waals surface area contributed by atoms with E-state index >= 15 is 0 Å². The maximum atomic E-state index is 12.1. The van der Waals surface area contributed by atoms with E-state index in [9.17, 15) is 15.2 Å². The number of carbonyl (C=O) groups is 1. The predicted octanol–water partition coefficient (Wildman–Crippen LogP) is 3.83. The zero-order chi connectivity index (χ0) is 20.5. The van der Waals surface area contributed by atoms with Crippen LogP contribution in [0.3, 0.4) is 0 Å². The Morgan fingerprint density at radius 2 is 2.03 bits per heavy atom. The van der Waals surface area contributed by atoms with Gasteiger partial charge in [0.25, 0.3) is 0 Å². The number of benzene rings is 1. The lowest BCUT2D eigenvalue weighted by atomic mass is 9.65. The van der Waals surface area contributed by atoms with Crippen LogP contribution in [0.5, 0.6) is 0 Å². The molecule has 0 amide bonds. The van der Waals surface area contributed by atoms with Gasteiger partial charge in [0, 0.05) is 23.2 Å². The third-order valence-corrected chi connectivity index (χ3v) is 6.40. The molecular formula is C24H24N2O3. The predicted molar refractivity (Wildman–Crippen MR) is 109 cm³/mol. The third kappa shape index (κ3) is 3.56. The molecule has 148 valence electrons. The highest BCUT2D eigenvalue weighted by molar-refractivity contribution is 5.76. The molecule has 0 bridgehead atoms. The number of fused-ring (bicyclic) bond motifs is 1. The number of cyclic esters (lactones) is 1. The average Bonchev–Trinajstić information content (AvgIpc) is 3.01. The van der Waals surface area contributed by atoms with Crippen LogP contribution in [0.2, 0.25) is 0 Å². The number of hydrogen-bond acceptors (Lipinski definition) is 5. The summed E-state index contributed by atoms with van der Waals surface area (Å²) in [6.45, 7) is 3.97. The van der Waals surface area contributed by atoms with Crippen LogP contribution in [0.4, 0.5) is 0 Å². The maximum Gasteiger partial charge on any atom is 0.309 e. The molecule has 2 heterocycles. The normalized spacial score (nSPS) is 31.3. The van der Waals surface area contributed by atoms with Crippen molar-refractivity contribution in [3.05, 3.63) is 59.9 Å². The molecule has 2 aliphatic rings. The van der Waals surface area contributed by atoms with E-state index in [1.807, 2.05) is 50.3 Å². The van der Waals surface area contributed by atoms with Crippen LogP contribution in [-0.4, -0.2) is 28.3 Å². The number of pyridine rings is 1. The maximum absolute atomic E-state index is 12.1. The number of aliphatic hydroxyl groups is 1. The molecule has 6 atom stereocenters. The van der Waals surface area contributed by atoms with Gasteiger partial charge in [-0.05, 0) is 43.4 Å². The summed E-state index contributed by atoms with van der Waals surface area (Å²) in [6, 6.07) is 13.5. The topological polar surface area (TPSA) is 83.2 Å². The number of ether oxygens (including phenoxy) is 1. The lowest BCUT2D eigenvalue weighted by molar-refractivity contribution is -0.144. The minimum Gasteiger partial charge on any atom is -0.462 e. The first-order valence-electron chi connectivity index (χ1n) is 10.0. The molecule has 4 rings (SSSR count). The monoisotopic (exact) mass is 388 g/mol. The molecule has 29 heavy (non-hydrogen) atoms. The zero-order valence-electron chi connectivity index (χ0n) is 16.5. The van der Waals surface area contributed by atoms with E-state index in [2.05, 4.69) is 17.1 Å². The quantitative estimate of drug-likeness (QED) is 0.808. The second kappa shape index (κ2) is 7.81. The summed E-state index contributed by atoms with van der Waals surface area (Å²) in [5.41, 5.74) is 3.17. The zero-order valence-corrected chi connectivity index (χ0v) is 16.5. The van der Waals surface area contributed by atoms with Gasteiger partial charge in [0.1, 0.15) is 6.10 Å². The molecule has 1 saturated carbocycles. The molecule has 5 heteroatoms. The van der Waals surface area contributed by atoms with Crippen molar-refractivity contribution in [3.63, 3.8) is 0 Å². The SMILES string of the molecule is C[C@H]1[C@H](/C=C/c2ccc(-c3ccccc3C#N)cn2)[C@@H]2[C@@H](C)OC(=O)[C@@H]2C[C@H]1O. The Bertz CT molecular complexity index is 976. The second-order valence-electron chi connectivity index (χ2n) is 8.05. The first-order valence-corrected chi connectivity index (χ1v) is 10.0. The van der Waals surface area contributed by atoms with Gasteiger partial charge < -0.3 is 9.84 Å². The first kappa shape index (κ1) is 19.4. The van der Waals surface area contributed by atoms with Gasteiger partial charge in [-0.25, -0.2) is 0 Å². The molecule has 0 radical (unpaired) electrons. The van der Waals surface area contributed by atoms with E-state index in [-0.39, 0.29) is 35.7 Å². The molecule has 0 unspecified atom stereocenters. The van der Waals surface area contributed by atoms with Gasteiger partial charge in [-0.2, -0.15) is 5.26 Å². The van der Waals surface area contributed by atoms with Crippen LogP contribution in [0.15, 0.2) is 48.7 Å². The van der Waals surface area contributed by atoms with Gasteiger partial charge in [0.2, 0.25) is 0 Å². The minimum absolute atomic E-state index is 0.0472. The minimum atomic E-state index is -0.512. The number of esters is 1. The number of allylic oxidation sites excluding steroid dienone is 1. The molecule has 0 spiro atoms. The van der Waals surface area contributed by atoms with E-state index in [4.69, 9.17) is 4.74 Å². The van der Waals surface area contributed by atoms with Crippen molar-refractivity contribution in [2.24, 2.45) is 23.7 Å². The number of aliphatic hydroxyl groups excluding tert-OH is 1. The summed E-state index contributed by atoms with van der Waals surface area (Å²) in [5, 5.41) is 19.7. The Labute approximate surface area is 170 Å². The summed E-state index contributed by atoms with van der Waals surface area (Å²) in [4.78, 5) is 16.6. The highest BCUT2D eigenvalue weighted by Crippen LogP contribution is 2.46. The van der Waals surface area contributed by atoms with Gasteiger partial charge >= 0.3 is 5.97 Å². The number of carbonyl (C=O) groups excluding carboxylic acids is 1. The van der Waals surface area contributed by atoms with Crippen molar-refractivity contribution in [3.8, 4) is 17.2 Å². The smallest absolute Gasteiger partial charge is 0.309 e. The Morgan fingerprint density at radius 3 is 2.76 bits per heavy atom. The lowest BCUT2D eigenvalue weighted by Gasteiger charge is -2.39. The molecule has 1 aromatic heterocycles. The molecule has 1 aliphatic carbocycles. The Morgan fingerprint density at radius 1 is 1.24 bits per heavy atom. The Hall–Kier alpha value is -2.97. The Balaban J connectivity index is 1.57. The number of hydrogen-bond donors (Lipinski definition) is 1. The van der Waals surface area contributed by atoms with Gasteiger partial charge in [0.15, 0.2) is 0 Å². The van der Waals surface area contributed by atoms with Crippen LogP contribution in [0, 0.1) is 35.0 Å². The fraction of sp³-hybridized carbons (Fsp3) is 0.375. The third-order valence-electron chi connectivity index (χ3n) is 6.40. The van der Waals surface area contributed by atoms with Crippen molar-refractivity contribution in [2.45, 2.75) is 32.5 Å². The van der Waals surface area contributed by atoms with Gasteiger partial charge in [0.05, 0.1) is 29.3 Å². The lowest BCUT2D eigenvalue weighted by Crippen LogP contribution is -2.42. The number of nitrogens with zero attached hydrogens (tertiary/aromatic N) is 2. The van der Waals surface area contributed by atoms with Gasteiger partial charge in [-0.3, -0.25) is 9.78 Å². The summed E-state index contributed by atoms with van der Waals surface area (Å²) in [6.07, 6.45) is 5.60. The molecule has 2 aromatic rings. The standard InChI is InChI=1S/C24H24N2O3/c1-14-19(23-15(2)29-24(28)21(23)11-22(14)27)10-9-18-8-7-17(13-26-18)20-6-4-3-5-16(20)12-25/h3-10,13-15,19,21-23,27H,11H2,1-2H3/b10-9+/t14-,15+,19-,21+,22+,23-/m0/s1. The first-order chi connectivity index (χ1) is 14.0. The summed E-state index contributed by atoms with van der Waals surface area (Å²) >= 11 is 0. The van der Waals surface area contributed by atoms with Crippen molar-refractivity contribution in [1.29, 1.82) is 5.26 Å². The van der Waals surface area contributed by atoms with E-state index in [0.29, 0.717) is 12.0 Å². The molecule has 1 aromatic carbocycles. The van der Waals surface area contributed by atoms with E-state index in [1.165, 1.54) is 0 Å². The molecular weight excluding hydrogens is 364 g/mol. The van der Waals surface area contributed by atoms with E-state index in [0.717, 1.165) is 16.8 Å².